The van der Waals surface area contributed by atoms with E-state index in [4.69, 9.17) is 6.42 Å². The Bertz CT molecular complexity index is 249. The van der Waals surface area contributed by atoms with Crippen LogP contribution in [0.1, 0.15) is 19.3 Å². The van der Waals surface area contributed by atoms with E-state index in [1.807, 2.05) is 11.8 Å². The molecule has 0 aromatic rings. The Balaban J connectivity index is 1.67. The minimum atomic E-state index is 0.847. The van der Waals surface area contributed by atoms with Gasteiger partial charge in [-0.1, -0.05) is 12.3 Å². The van der Waals surface area contributed by atoms with Gasteiger partial charge in [0.15, 0.2) is 0 Å². The van der Waals surface area contributed by atoms with Crippen LogP contribution in [0.3, 0.4) is 0 Å². The predicted molar refractivity (Wildman–Crippen MR) is 71.8 cm³/mol. The van der Waals surface area contributed by atoms with Gasteiger partial charge in [-0.25, -0.2) is 0 Å². The first-order valence-corrected chi connectivity index (χ1v) is 7.53. The van der Waals surface area contributed by atoms with Crippen molar-refractivity contribution in [3.05, 3.63) is 0 Å². The van der Waals surface area contributed by atoms with Crippen molar-refractivity contribution in [1.82, 2.24) is 9.80 Å². The highest BCUT2D eigenvalue weighted by Gasteiger charge is 2.28. The highest BCUT2D eigenvalue weighted by atomic mass is 32.2. The van der Waals surface area contributed by atoms with Gasteiger partial charge in [-0.3, -0.25) is 9.80 Å². The van der Waals surface area contributed by atoms with Gasteiger partial charge in [0.05, 0.1) is 5.75 Å². The zero-order valence-electron chi connectivity index (χ0n) is 10.0. The van der Waals surface area contributed by atoms with Crippen molar-refractivity contribution < 1.29 is 0 Å². The molecule has 2 rings (SSSR count). The van der Waals surface area contributed by atoms with Gasteiger partial charge in [-0.15, -0.1) is 18.2 Å². The fourth-order valence-electron chi connectivity index (χ4n) is 2.75. The maximum absolute atomic E-state index is 5.24. The van der Waals surface area contributed by atoms with E-state index < -0.39 is 0 Å². The van der Waals surface area contributed by atoms with Gasteiger partial charge in [0.1, 0.15) is 0 Å². The van der Waals surface area contributed by atoms with E-state index in [0.717, 1.165) is 11.8 Å². The van der Waals surface area contributed by atoms with Crippen LogP contribution in [0.4, 0.5) is 0 Å². The van der Waals surface area contributed by atoms with Gasteiger partial charge < -0.3 is 0 Å². The first-order chi connectivity index (χ1) is 7.90. The van der Waals surface area contributed by atoms with Gasteiger partial charge in [0, 0.05) is 38.0 Å². The third kappa shape index (κ3) is 3.41. The van der Waals surface area contributed by atoms with Crippen LogP contribution in [0.25, 0.3) is 0 Å². The second kappa shape index (κ2) is 6.54. The number of thioether (sulfide) groups is 1. The number of hydrogen-bond acceptors (Lipinski definition) is 3. The van der Waals surface area contributed by atoms with E-state index in [2.05, 4.69) is 15.7 Å². The Morgan fingerprint density at radius 3 is 3.06 bits per heavy atom. The number of terminal acetylenes is 1. The molecular formula is C13H22N2S. The minimum absolute atomic E-state index is 0.847. The normalized spacial score (nSPS) is 27.3. The summed E-state index contributed by atoms with van der Waals surface area (Å²) in [6.45, 7) is 6.38. The van der Waals surface area contributed by atoms with E-state index in [9.17, 15) is 0 Å². The number of piperazine rings is 1. The SMILES string of the molecule is C#CCSCCN1CCN2CCCCC2C1. The van der Waals surface area contributed by atoms with Crippen LogP contribution >= 0.6 is 11.8 Å². The molecule has 0 aromatic carbocycles. The topological polar surface area (TPSA) is 6.48 Å². The van der Waals surface area contributed by atoms with Gasteiger partial charge in [0.25, 0.3) is 0 Å². The Kier molecular flexibility index (Phi) is 5.02. The molecule has 2 fully saturated rings. The fourth-order valence-corrected chi connectivity index (χ4v) is 3.40. The quantitative estimate of drug-likeness (QED) is 0.542. The zero-order valence-corrected chi connectivity index (χ0v) is 10.8. The molecule has 0 aromatic heterocycles. The zero-order chi connectivity index (χ0) is 11.2. The molecule has 2 nitrogen and oxygen atoms in total. The van der Waals surface area contributed by atoms with Crippen molar-refractivity contribution in [1.29, 1.82) is 0 Å². The molecule has 0 spiro atoms. The Morgan fingerprint density at radius 2 is 2.19 bits per heavy atom. The van der Waals surface area contributed by atoms with E-state index in [0.29, 0.717) is 0 Å². The largest absolute Gasteiger partial charge is 0.300 e. The number of piperidine rings is 1. The van der Waals surface area contributed by atoms with Crippen molar-refractivity contribution in [2.45, 2.75) is 25.3 Å². The molecular weight excluding hydrogens is 216 g/mol. The third-order valence-electron chi connectivity index (χ3n) is 3.66. The Morgan fingerprint density at radius 1 is 1.25 bits per heavy atom. The van der Waals surface area contributed by atoms with Crippen LogP contribution in [0, 0.1) is 12.3 Å². The second-order valence-corrected chi connectivity index (χ2v) is 5.85. The van der Waals surface area contributed by atoms with Crippen LogP contribution in [-0.4, -0.2) is 60.1 Å². The van der Waals surface area contributed by atoms with E-state index in [-0.39, 0.29) is 0 Å². The maximum atomic E-state index is 5.24. The summed E-state index contributed by atoms with van der Waals surface area (Å²) in [5, 5.41) is 0. The van der Waals surface area contributed by atoms with Crippen LogP contribution in [0.15, 0.2) is 0 Å². The average Bonchev–Trinajstić information content (AvgIpc) is 2.34. The summed E-state index contributed by atoms with van der Waals surface area (Å²) in [4.78, 5) is 5.31. The molecule has 1 atom stereocenters. The molecule has 0 N–H and O–H groups in total. The van der Waals surface area contributed by atoms with E-state index >= 15 is 0 Å². The molecule has 0 radical (unpaired) electrons. The lowest BCUT2D eigenvalue weighted by atomic mass is 10.00. The number of hydrogen-bond donors (Lipinski definition) is 0. The summed E-state index contributed by atoms with van der Waals surface area (Å²) in [7, 11) is 0. The molecule has 0 amide bonds. The van der Waals surface area contributed by atoms with Gasteiger partial charge in [-0.05, 0) is 19.4 Å². The Labute approximate surface area is 104 Å². The predicted octanol–water partition coefficient (Wildman–Crippen LogP) is 1.52. The molecule has 1 unspecified atom stereocenters. The van der Waals surface area contributed by atoms with Crippen LogP contribution in [-0.2, 0) is 0 Å². The number of rotatable bonds is 4. The lowest BCUT2D eigenvalue weighted by Gasteiger charge is -2.44. The molecule has 0 saturated carbocycles. The maximum Gasteiger partial charge on any atom is 0.0545 e. The summed E-state index contributed by atoms with van der Waals surface area (Å²) in [6, 6.07) is 0.847. The lowest BCUT2D eigenvalue weighted by Crippen LogP contribution is -2.55. The van der Waals surface area contributed by atoms with Crippen molar-refractivity contribution in [3.63, 3.8) is 0 Å². The standard InChI is InChI=1S/C13H22N2S/c1-2-10-16-11-9-14-7-8-15-6-4-3-5-13(15)12-14/h1,13H,3-12H2. The number of fused-ring (bicyclic) bond motifs is 1. The van der Waals surface area contributed by atoms with Crippen molar-refractivity contribution in [3.8, 4) is 12.3 Å². The first kappa shape index (κ1) is 12.3. The molecule has 2 saturated heterocycles. The molecule has 2 heterocycles. The average molecular weight is 238 g/mol. The molecule has 0 aliphatic carbocycles. The lowest BCUT2D eigenvalue weighted by molar-refractivity contribution is 0.0527. The molecule has 16 heavy (non-hydrogen) atoms. The van der Waals surface area contributed by atoms with E-state index in [1.165, 1.54) is 57.7 Å². The third-order valence-corrected chi connectivity index (χ3v) is 4.50. The molecule has 2 aliphatic heterocycles. The summed E-state index contributed by atoms with van der Waals surface area (Å²) in [5.74, 6) is 4.74. The Hall–Kier alpha value is -0.170. The monoisotopic (exact) mass is 238 g/mol. The highest BCUT2D eigenvalue weighted by Crippen LogP contribution is 2.21. The molecule has 90 valence electrons. The first-order valence-electron chi connectivity index (χ1n) is 6.38. The molecule has 2 aliphatic rings. The summed E-state index contributed by atoms with van der Waals surface area (Å²) in [5.41, 5.74) is 0. The fraction of sp³-hybridized carbons (Fsp3) is 0.846. The van der Waals surface area contributed by atoms with Crippen LogP contribution in [0.2, 0.25) is 0 Å². The van der Waals surface area contributed by atoms with Gasteiger partial charge >= 0.3 is 0 Å². The van der Waals surface area contributed by atoms with Crippen molar-refractivity contribution in [2.75, 3.05) is 44.2 Å². The van der Waals surface area contributed by atoms with Crippen LogP contribution in [0.5, 0.6) is 0 Å². The van der Waals surface area contributed by atoms with Gasteiger partial charge in [0.2, 0.25) is 0 Å². The van der Waals surface area contributed by atoms with Crippen molar-refractivity contribution >= 4 is 11.8 Å². The highest BCUT2D eigenvalue weighted by molar-refractivity contribution is 7.99. The van der Waals surface area contributed by atoms with Crippen LogP contribution < -0.4 is 0 Å². The smallest absolute Gasteiger partial charge is 0.0545 e. The molecule has 3 heteroatoms. The summed E-state index contributed by atoms with van der Waals surface area (Å²) >= 11 is 1.88. The number of nitrogens with zero attached hydrogens (tertiary/aromatic N) is 2. The van der Waals surface area contributed by atoms with Gasteiger partial charge in [-0.2, -0.15) is 0 Å². The molecule has 0 bridgehead atoms. The van der Waals surface area contributed by atoms with E-state index in [1.54, 1.807) is 0 Å². The minimum Gasteiger partial charge on any atom is -0.300 e. The summed E-state index contributed by atoms with van der Waals surface area (Å²) < 4.78 is 0. The summed E-state index contributed by atoms with van der Waals surface area (Å²) in [6.07, 6.45) is 9.50. The van der Waals surface area contributed by atoms with Crippen molar-refractivity contribution in [2.24, 2.45) is 0 Å². The second-order valence-electron chi connectivity index (χ2n) is 4.74.